The molecule has 118 valence electrons. The number of aliphatic hydroxyl groups is 1. The first-order valence-corrected chi connectivity index (χ1v) is 8.02. The zero-order valence-electron chi connectivity index (χ0n) is 10.7. The summed E-state index contributed by atoms with van der Waals surface area (Å²) < 4.78 is 64.7. The number of benzene rings is 1. The smallest absolute Gasteiger partial charge is 0.391 e. The molecule has 9 heteroatoms. The highest BCUT2D eigenvalue weighted by Gasteiger charge is 2.38. The van der Waals surface area contributed by atoms with E-state index in [1.54, 1.807) is 0 Å². The Bertz CT molecular complexity index is 629. The third kappa shape index (κ3) is 4.09. The number of nitrogens with one attached hydrogen (secondary N) is 1. The normalized spacial score (nSPS) is 17.8. The maximum Gasteiger partial charge on any atom is 0.417 e. The Kier molecular flexibility index (Phi) is 4.53. The fourth-order valence-electron chi connectivity index (χ4n) is 1.88. The van der Waals surface area contributed by atoms with Gasteiger partial charge in [-0.1, -0.05) is 11.6 Å². The van der Waals surface area contributed by atoms with E-state index in [0.29, 0.717) is 6.07 Å². The summed E-state index contributed by atoms with van der Waals surface area (Å²) in [5.74, 6) is 0.0139. The molecule has 1 saturated carbocycles. The lowest BCUT2D eigenvalue weighted by molar-refractivity contribution is -0.139. The van der Waals surface area contributed by atoms with Crippen LogP contribution in [0.25, 0.3) is 0 Å². The summed E-state index contributed by atoms with van der Waals surface area (Å²) in [6.07, 6.45) is -4.15. The first-order valence-electron chi connectivity index (χ1n) is 6.16. The molecule has 1 atom stereocenters. The summed E-state index contributed by atoms with van der Waals surface area (Å²) in [6.45, 7) is -0.313. The molecule has 0 aromatic heterocycles. The van der Waals surface area contributed by atoms with Crippen LogP contribution in [0, 0.1) is 5.92 Å². The van der Waals surface area contributed by atoms with Crippen LogP contribution < -0.4 is 4.72 Å². The van der Waals surface area contributed by atoms with E-state index in [9.17, 15) is 26.7 Å². The molecule has 1 aliphatic carbocycles. The van der Waals surface area contributed by atoms with Gasteiger partial charge in [-0.15, -0.1) is 0 Å². The van der Waals surface area contributed by atoms with Gasteiger partial charge in [-0.25, -0.2) is 13.1 Å². The third-order valence-electron chi connectivity index (χ3n) is 3.19. The summed E-state index contributed by atoms with van der Waals surface area (Å²) in [4.78, 5) is -0.901. The average Bonchev–Trinajstić information content (AvgIpc) is 3.19. The Morgan fingerprint density at radius 3 is 2.52 bits per heavy atom. The van der Waals surface area contributed by atoms with Crippen LogP contribution in [-0.4, -0.2) is 26.2 Å². The van der Waals surface area contributed by atoms with Gasteiger partial charge in [0.25, 0.3) is 0 Å². The van der Waals surface area contributed by atoms with Crippen molar-refractivity contribution in [1.82, 2.24) is 4.72 Å². The van der Waals surface area contributed by atoms with Gasteiger partial charge in [-0.3, -0.25) is 0 Å². The fraction of sp³-hybridized carbons (Fsp3) is 0.500. The number of sulfonamides is 1. The zero-order chi connectivity index (χ0) is 15.8. The number of hydrogen-bond donors (Lipinski definition) is 2. The van der Waals surface area contributed by atoms with E-state index in [4.69, 9.17) is 11.6 Å². The second-order valence-corrected chi connectivity index (χ2v) is 7.07. The van der Waals surface area contributed by atoms with E-state index in [1.807, 2.05) is 4.72 Å². The molecule has 1 fully saturated rings. The van der Waals surface area contributed by atoms with Crippen molar-refractivity contribution in [2.24, 2.45) is 5.92 Å². The molecule has 0 aliphatic heterocycles. The minimum atomic E-state index is -4.84. The van der Waals surface area contributed by atoms with Crippen molar-refractivity contribution >= 4 is 21.6 Å². The average molecular weight is 344 g/mol. The standard InChI is InChI=1S/C12H13ClF3NO3S/c13-8-3-4-11(9(5-8)12(14,15)16)21(19,20)17-6-10(18)7-1-2-7/h3-5,7,10,17-18H,1-2,6H2. The number of halogens is 4. The summed E-state index contributed by atoms with van der Waals surface area (Å²) in [5, 5.41) is 9.39. The Balaban J connectivity index is 2.26. The van der Waals surface area contributed by atoms with Crippen molar-refractivity contribution in [3.63, 3.8) is 0 Å². The van der Waals surface area contributed by atoms with E-state index in [-0.39, 0.29) is 17.5 Å². The lowest BCUT2D eigenvalue weighted by Crippen LogP contribution is -2.34. The maximum atomic E-state index is 12.9. The lowest BCUT2D eigenvalue weighted by atomic mass is 10.2. The van der Waals surface area contributed by atoms with Gasteiger partial charge in [0, 0.05) is 11.6 Å². The highest BCUT2D eigenvalue weighted by molar-refractivity contribution is 7.89. The molecule has 1 aliphatic rings. The maximum absolute atomic E-state index is 12.9. The zero-order valence-corrected chi connectivity index (χ0v) is 12.3. The van der Waals surface area contributed by atoms with Gasteiger partial charge in [0.15, 0.2) is 0 Å². The highest BCUT2D eigenvalue weighted by Crippen LogP contribution is 2.36. The van der Waals surface area contributed by atoms with Gasteiger partial charge in [0.1, 0.15) is 0 Å². The van der Waals surface area contributed by atoms with E-state index in [0.717, 1.165) is 25.0 Å². The van der Waals surface area contributed by atoms with E-state index >= 15 is 0 Å². The van der Waals surface area contributed by atoms with Gasteiger partial charge < -0.3 is 5.11 Å². The number of alkyl halides is 3. The summed E-state index contributed by atoms with van der Waals surface area (Å²) in [6, 6.07) is 2.44. The molecule has 0 bridgehead atoms. The van der Waals surface area contributed by atoms with Crippen molar-refractivity contribution in [2.45, 2.75) is 30.0 Å². The molecule has 1 unspecified atom stereocenters. The van der Waals surface area contributed by atoms with Gasteiger partial charge >= 0.3 is 6.18 Å². The first-order chi connectivity index (χ1) is 9.61. The minimum Gasteiger partial charge on any atom is -0.391 e. The highest BCUT2D eigenvalue weighted by atomic mass is 35.5. The molecule has 4 nitrogen and oxygen atoms in total. The van der Waals surface area contributed by atoms with Crippen LogP contribution >= 0.6 is 11.6 Å². The molecular weight excluding hydrogens is 331 g/mol. The number of rotatable bonds is 5. The van der Waals surface area contributed by atoms with E-state index < -0.39 is 32.8 Å². The molecule has 0 radical (unpaired) electrons. The molecule has 2 N–H and O–H groups in total. The van der Waals surface area contributed by atoms with Crippen LogP contribution in [0.5, 0.6) is 0 Å². The fourth-order valence-corrected chi connectivity index (χ4v) is 3.31. The Morgan fingerprint density at radius 1 is 1.38 bits per heavy atom. The molecule has 2 rings (SSSR count). The van der Waals surface area contributed by atoms with Gasteiger partial charge in [0.05, 0.1) is 16.6 Å². The van der Waals surface area contributed by atoms with Crippen molar-refractivity contribution in [2.75, 3.05) is 6.54 Å². The van der Waals surface area contributed by atoms with Crippen LogP contribution in [0.3, 0.4) is 0 Å². The van der Waals surface area contributed by atoms with Gasteiger partial charge in [-0.2, -0.15) is 13.2 Å². The largest absolute Gasteiger partial charge is 0.417 e. The van der Waals surface area contributed by atoms with Crippen LogP contribution in [0.4, 0.5) is 13.2 Å². The first kappa shape index (κ1) is 16.5. The SMILES string of the molecule is O=S(=O)(NCC(O)C1CC1)c1ccc(Cl)cc1C(F)(F)F. The second kappa shape index (κ2) is 5.75. The molecule has 1 aromatic carbocycles. The molecule has 0 saturated heterocycles. The van der Waals surface area contributed by atoms with Crippen LogP contribution in [0.1, 0.15) is 18.4 Å². The van der Waals surface area contributed by atoms with Crippen molar-refractivity contribution < 1.29 is 26.7 Å². The second-order valence-electron chi connectivity index (χ2n) is 4.89. The van der Waals surface area contributed by atoms with Crippen molar-refractivity contribution in [3.8, 4) is 0 Å². The lowest BCUT2D eigenvalue weighted by Gasteiger charge is -2.15. The third-order valence-corrected chi connectivity index (χ3v) is 4.90. The summed E-state index contributed by atoms with van der Waals surface area (Å²) >= 11 is 5.50. The van der Waals surface area contributed by atoms with E-state index in [1.165, 1.54) is 0 Å². The van der Waals surface area contributed by atoms with Crippen molar-refractivity contribution in [1.29, 1.82) is 0 Å². The Morgan fingerprint density at radius 2 is 2.00 bits per heavy atom. The van der Waals surface area contributed by atoms with Gasteiger partial charge in [-0.05, 0) is 37.0 Å². The molecule has 0 amide bonds. The predicted octanol–water partition coefficient (Wildman–Crippen LogP) is 2.41. The van der Waals surface area contributed by atoms with E-state index in [2.05, 4.69) is 0 Å². The molecule has 1 aromatic rings. The topological polar surface area (TPSA) is 66.4 Å². The van der Waals surface area contributed by atoms with Crippen LogP contribution in [-0.2, 0) is 16.2 Å². The monoisotopic (exact) mass is 343 g/mol. The van der Waals surface area contributed by atoms with Crippen LogP contribution in [0.15, 0.2) is 23.1 Å². The molecular formula is C12H13ClF3NO3S. The Labute approximate surface area is 125 Å². The number of hydrogen-bond acceptors (Lipinski definition) is 3. The predicted molar refractivity (Wildman–Crippen MR) is 70.4 cm³/mol. The Hall–Kier alpha value is -0.830. The van der Waals surface area contributed by atoms with Crippen LogP contribution in [0.2, 0.25) is 5.02 Å². The molecule has 0 heterocycles. The number of aliphatic hydroxyl groups excluding tert-OH is 1. The summed E-state index contributed by atoms with van der Waals surface area (Å²) in [5.41, 5.74) is -1.33. The minimum absolute atomic E-state index is 0.0139. The summed E-state index contributed by atoms with van der Waals surface area (Å²) in [7, 11) is -4.38. The molecule has 0 spiro atoms. The molecule has 21 heavy (non-hydrogen) atoms. The van der Waals surface area contributed by atoms with Gasteiger partial charge in [0.2, 0.25) is 10.0 Å². The van der Waals surface area contributed by atoms with Crippen molar-refractivity contribution in [3.05, 3.63) is 28.8 Å². The quantitative estimate of drug-likeness (QED) is 0.862.